The highest BCUT2D eigenvalue weighted by Gasteiger charge is 2.39. The Hall–Kier alpha value is -1.98. The van der Waals surface area contributed by atoms with Crippen LogP contribution in [0.5, 0.6) is 0 Å². The minimum atomic E-state index is -0.953. The van der Waals surface area contributed by atoms with Gasteiger partial charge in [0.2, 0.25) is 0 Å². The first-order chi connectivity index (χ1) is 14.3. The van der Waals surface area contributed by atoms with Crippen LogP contribution in [0.1, 0.15) is 64.7 Å². The first-order valence-electron chi connectivity index (χ1n) is 11.0. The third-order valence-electron chi connectivity index (χ3n) is 5.91. The van der Waals surface area contributed by atoms with E-state index in [-0.39, 0.29) is 30.0 Å². The maximum Gasteiger partial charge on any atom is 0.305 e. The first kappa shape index (κ1) is 24.3. The van der Waals surface area contributed by atoms with Crippen molar-refractivity contribution in [2.45, 2.75) is 76.4 Å². The molecule has 5 heteroatoms. The normalized spacial score (nSPS) is 26.7. The topological polar surface area (TPSA) is 83.8 Å². The van der Waals surface area contributed by atoms with Crippen molar-refractivity contribution in [2.75, 3.05) is 7.11 Å². The molecule has 30 heavy (non-hydrogen) atoms. The van der Waals surface area contributed by atoms with Gasteiger partial charge in [0.15, 0.2) is 0 Å². The Labute approximate surface area is 180 Å². The van der Waals surface area contributed by atoms with Gasteiger partial charge in [-0.05, 0) is 51.9 Å². The van der Waals surface area contributed by atoms with Crippen LogP contribution in [0.25, 0.3) is 0 Å². The van der Waals surface area contributed by atoms with E-state index >= 15 is 0 Å². The fraction of sp³-hybridized carbons (Fsp3) is 0.600. The number of aliphatic hydroxyl groups excluding tert-OH is 1. The van der Waals surface area contributed by atoms with Gasteiger partial charge in [-0.3, -0.25) is 9.59 Å². The minimum Gasteiger partial charge on any atom is -0.469 e. The molecule has 5 nitrogen and oxygen atoms in total. The summed E-state index contributed by atoms with van der Waals surface area (Å²) in [5.74, 6) is -0.548. The third-order valence-corrected chi connectivity index (χ3v) is 5.91. The smallest absolute Gasteiger partial charge is 0.305 e. The van der Waals surface area contributed by atoms with E-state index in [0.717, 1.165) is 19.3 Å². The van der Waals surface area contributed by atoms with Crippen LogP contribution in [0.2, 0.25) is 0 Å². The molecule has 0 aliphatic heterocycles. The molecule has 1 fully saturated rings. The van der Waals surface area contributed by atoms with E-state index in [9.17, 15) is 19.8 Å². The zero-order valence-corrected chi connectivity index (χ0v) is 18.3. The fourth-order valence-corrected chi connectivity index (χ4v) is 4.07. The molecule has 0 aromatic carbocycles. The predicted octanol–water partition coefficient (Wildman–Crippen LogP) is 4.21. The second-order valence-corrected chi connectivity index (χ2v) is 8.58. The Morgan fingerprint density at radius 3 is 2.77 bits per heavy atom. The number of ketones is 1. The van der Waals surface area contributed by atoms with Gasteiger partial charge >= 0.3 is 5.97 Å². The molecule has 2 rings (SSSR count). The number of methoxy groups -OCH3 is 1. The van der Waals surface area contributed by atoms with E-state index in [1.165, 1.54) is 19.1 Å². The minimum absolute atomic E-state index is 0.0972. The highest BCUT2D eigenvalue weighted by Crippen LogP contribution is 2.34. The van der Waals surface area contributed by atoms with E-state index in [1.807, 2.05) is 36.5 Å². The van der Waals surface area contributed by atoms with Crippen LogP contribution in [-0.2, 0) is 14.3 Å². The van der Waals surface area contributed by atoms with Crippen molar-refractivity contribution in [1.29, 1.82) is 0 Å². The van der Waals surface area contributed by atoms with Crippen molar-refractivity contribution in [3.63, 3.8) is 0 Å². The van der Waals surface area contributed by atoms with E-state index in [4.69, 9.17) is 0 Å². The molecule has 1 saturated carbocycles. The number of hydrogen-bond donors (Lipinski definition) is 2. The zero-order valence-electron chi connectivity index (χ0n) is 18.3. The Kier molecular flexibility index (Phi) is 9.73. The van der Waals surface area contributed by atoms with Crippen LogP contribution in [-0.4, -0.2) is 40.8 Å². The van der Waals surface area contributed by atoms with Gasteiger partial charge in [-0.25, -0.2) is 0 Å². The summed E-state index contributed by atoms with van der Waals surface area (Å²) in [7, 11) is 1.37. The molecule has 0 aromatic heterocycles. The van der Waals surface area contributed by atoms with Gasteiger partial charge in [-0.2, -0.15) is 0 Å². The van der Waals surface area contributed by atoms with E-state index in [2.05, 4.69) is 10.8 Å². The lowest BCUT2D eigenvalue weighted by Crippen LogP contribution is -2.21. The largest absolute Gasteiger partial charge is 0.469 e. The lowest BCUT2D eigenvalue weighted by molar-refractivity contribution is -0.140. The summed E-state index contributed by atoms with van der Waals surface area (Å²) < 4.78 is 4.60. The molecule has 0 amide bonds. The number of carbonyl (C=O) groups excluding carboxylic acids is 2. The SMILES string of the molecule is COC(=O)CC/C=C/CC[C@H]1C(=O)C[C@@H](O)[C@@H]1/C=C/C[C@@](C)(O)/C=C/C1=CCCC1. The van der Waals surface area contributed by atoms with Crippen molar-refractivity contribution in [3.05, 3.63) is 48.1 Å². The lowest BCUT2D eigenvalue weighted by Gasteiger charge is -2.19. The molecule has 166 valence electrons. The average Bonchev–Trinajstić information content (AvgIpc) is 3.31. The predicted molar refractivity (Wildman–Crippen MR) is 118 cm³/mol. The van der Waals surface area contributed by atoms with Crippen molar-refractivity contribution in [1.82, 2.24) is 0 Å². The third kappa shape index (κ3) is 8.04. The number of hydrogen-bond acceptors (Lipinski definition) is 5. The Bertz CT molecular complexity index is 698. The molecule has 2 aliphatic carbocycles. The summed E-state index contributed by atoms with van der Waals surface area (Å²) in [4.78, 5) is 23.4. The van der Waals surface area contributed by atoms with Crippen molar-refractivity contribution < 1.29 is 24.5 Å². The average molecular weight is 417 g/mol. The van der Waals surface area contributed by atoms with Crippen LogP contribution in [0.3, 0.4) is 0 Å². The van der Waals surface area contributed by atoms with Gasteiger partial charge < -0.3 is 14.9 Å². The molecule has 0 saturated heterocycles. The maximum atomic E-state index is 12.3. The molecule has 0 heterocycles. The molecule has 0 radical (unpaired) electrons. The van der Waals surface area contributed by atoms with Gasteiger partial charge in [0.1, 0.15) is 5.78 Å². The summed E-state index contributed by atoms with van der Waals surface area (Å²) in [6, 6.07) is 0. The van der Waals surface area contributed by atoms with Crippen molar-refractivity contribution in [3.8, 4) is 0 Å². The van der Waals surface area contributed by atoms with Crippen LogP contribution in [0, 0.1) is 11.8 Å². The molecule has 4 atom stereocenters. The second-order valence-electron chi connectivity index (χ2n) is 8.58. The van der Waals surface area contributed by atoms with E-state index < -0.39 is 11.7 Å². The number of allylic oxidation sites excluding steroid dienone is 5. The summed E-state index contributed by atoms with van der Waals surface area (Å²) in [5, 5.41) is 20.9. The van der Waals surface area contributed by atoms with Gasteiger partial charge in [-0.1, -0.05) is 48.1 Å². The number of Topliss-reactive ketones (excluding diaryl/α,β-unsaturated/α-hetero) is 1. The fourth-order valence-electron chi connectivity index (χ4n) is 4.07. The van der Waals surface area contributed by atoms with Gasteiger partial charge in [-0.15, -0.1) is 0 Å². The Balaban J connectivity index is 1.83. The number of esters is 1. The van der Waals surface area contributed by atoms with Crippen molar-refractivity contribution >= 4 is 11.8 Å². The first-order valence-corrected chi connectivity index (χ1v) is 11.0. The van der Waals surface area contributed by atoms with Crippen molar-refractivity contribution in [2.24, 2.45) is 11.8 Å². The highest BCUT2D eigenvalue weighted by atomic mass is 16.5. The van der Waals surface area contributed by atoms with Gasteiger partial charge in [0.05, 0.1) is 18.8 Å². The highest BCUT2D eigenvalue weighted by molar-refractivity contribution is 5.84. The van der Waals surface area contributed by atoms with Gasteiger partial charge in [0.25, 0.3) is 0 Å². The molecular formula is C25H36O5. The van der Waals surface area contributed by atoms with Crippen LogP contribution >= 0.6 is 0 Å². The molecule has 2 aliphatic rings. The van der Waals surface area contributed by atoms with E-state index in [1.54, 1.807) is 6.92 Å². The lowest BCUT2D eigenvalue weighted by atomic mass is 9.88. The molecule has 0 aromatic rings. The monoisotopic (exact) mass is 416 g/mol. The van der Waals surface area contributed by atoms with Crippen LogP contribution < -0.4 is 0 Å². The summed E-state index contributed by atoms with van der Waals surface area (Å²) in [6.07, 6.45) is 19.4. The number of carbonyl (C=O) groups is 2. The number of aliphatic hydroxyl groups is 2. The Morgan fingerprint density at radius 2 is 2.07 bits per heavy atom. The standard InChI is InChI=1S/C25H36O5/c1-25(29,17-15-19-10-7-8-11-19)16-9-13-21-20(22(26)18-23(21)27)12-5-3-4-6-14-24(28)30-2/h3-4,9-10,13,15,17,20-21,23,27,29H,5-8,11-12,14,16,18H2,1-2H3/b4-3+,13-9+,17-15+/t20-,21-,23-,25-/m1/s1. The number of ether oxygens (including phenoxy) is 1. The quantitative estimate of drug-likeness (QED) is 0.389. The molecule has 2 N–H and O–H groups in total. The van der Waals surface area contributed by atoms with Gasteiger partial charge in [0, 0.05) is 24.7 Å². The molecule has 0 spiro atoms. The van der Waals surface area contributed by atoms with Crippen LogP contribution in [0.4, 0.5) is 0 Å². The van der Waals surface area contributed by atoms with Crippen LogP contribution in [0.15, 0.2) is 48.1 Å². The molecular weight excluding hydrogens is 380 g/mol. The summed E-state index contributed by atoms with van der Waals surface area (Å²) in [6.45, 7) is 1.77. The zero-order chi connectivity index (χ0) is 22.0. The Morgan fingerprint density at radius 1 is 1.30 bits per heavy atom. The number of rotatable bonds is 11. The molecule has 0 unspecified atom stereocenters. The second kappa shape index (κ2) is 12.0. The summed E-state index contributed by atoms with van der Waals surface area (Å²) in [5.41, 5.74) is 0.321. The maximum absolute atomic E-state index is 12.3. The molecule has 0 bridgehead atoms. The van der Waals surface area contributed by atoms with E-state index in [0.29, 0.717) is 25.7 Å². The summed E-state index contributed by atoms with van der Waals surface area (Å²) >= 11 is 0.